The number of aromatic nitrogens is 1. The molecule has 1 aromatic heterocycles. The molecule has 0 aliphatic carbocycles. The van der Waals surface area contributed by atoms with Crippen LogP contribution in [0.25, 0.3) is 0 Å². The summed E-state index contributed by atoms with van der Waals surface area (Å²) in [5.74, 6) is -0.875. The van der Waals surface area contributed by atoms with Crippen molar-refractivity contribution in [2.45, 2.75) is 20.3 Å². The van der Waals surface area contributed by atoms with Gasteiger partial charge >= 0.3 is 5.97 Å². The van der Waals surface area contributed by atoms with Gasteiger partial charge in [0.15, 0.2) is 0 Å². The van der Waals surface area contributed by atoms with Crippen LogP contribution in [0.4, 0.5) is 0 Å². The maximum absolute atomic E-state index is 10.5. The van der Waals surface area contributed by atoms with Gasteiger partial charge in [0.25, 0.3) is 0 Å². The Morgan fingerprint density at radius 1 is 1.73 bits per heavy atom. The summed E-state index contributed by atoms with van der Waals surface area (Å²) in [7, 11) is 0. The predicted octanol–water partition coefficient (Wildman–Crippen LogP) is 1.71. The Labute approximate surface area is 68.7 Å². The minimum atomic E-state index is -0.875. The lowest BCUT2D eigenvalue weighted by atomic mass is 10.4. The molecule has 0 radical (unpaired) electrons. The smallest absolute Gasteiger partial charge is 0.347 e. The Morgan fingerprint density at radius 2 is 2.36 bits per heavy atom. The maximum Gasteiger partial charge on any atom is 0.347 e. The summed E-state index contributed by atoms with van der Waals surface area (Å²) in [6, 6.07) is 0. The second-order valence-corrected chi connectivity index (χ2v) is 3.26. The van der Waals surface area contributed by atoms with E-state index in [9.17, 15) is 4.79 Å². The van der Waals surface area contributed by atoms with E-state index in [0.29, 0.717) is 10.6 Å². The minimum absolute atomic E-state index is 0.363. The summed E-state index contributed by atoms with van der Waals surface area (Å²) in [5, 5.41) is 9.53. The first-order valence-electron chi connectivity index (χ1n) is 3.34. The number of hydrogen-bond donors (Lipinski definition) is 1. The average molecular weight is 171 g/mol. The molecule has 1 heterocycles. The maximum atomic E-state index is 10.5. The molecule has 0 fully saturated rings. The fourth-order valence-corrected chi connectivity index (χ4v) is 1.65. The Bertz CT molecular complexity index is 280. The van der Waals surface area contributed by atoms with E-state index in [-0.39, 0.29) is 0 Å². The van der Waals surface area contributed by atoms with E-state index in [0.717, 1.165) is 11.4 Å². The van der Waals surface area contributed by atoms with Crippen molar-refractivity contribution in [3.8, 4) is 0 Å². The van der Waals surface area contributed by atoms with Crippen LogP contribution in [0.5, 0.6) is 0 Å². The van der Waals surface area contributed by atoms with E-state index in [1.165, 1.54) is 11.3 Å². The van der Waals surface area contributed by atoms with Crippen molar-refractivity contribution in [3.05, 3.63) is 15.6 Å². The number of nitrogens with zero attached hydrogens (tertiary/aromatic N) is 1. The third kappa shape index (κ3) is 1.57. The molecule has 0 spiro atoms. The highest BCUT2D eigenvalue weighted by Gasteiger charge is 2.12. The Kier molecular flexibility index (Phi) is 2.24. The second-order valence-electron chi connectivity index (χ2n) is 2.18. The number of carbonyl (C=O) groups is 1. The molecule has 0 aliphatic rings. The fraction of sp³-hybridized carbons (Fsp3) is 0.429. The highest BCUT2D eigenvalue weighted by Crippen LogP contribution is 2.17. The summed E-state index contributed by atoms with van der Waals surface area (Å²) in [4.78, 5) is 15.0. The molecule has 1 aromatic rings. The standard InChI is InChI=1S/C7H9NO2S/c1-3-5-8-4(2)6(11-5)7(9)10/h3H2,1-2H3,(H,9,10). The van der Waals surface area contributed by atoms with Crippen molar-refractivity contribution in [2.75, 3.05) is 0 Å². The predicted molar refractivity (Wildman–Crippen MR) is 43.2 cm³/mol. The molecule has 0 aliphatic heterocycles. The summed E-state index contributed by atoms with van der Waals surface area (Å²) in [6.07, 6.45) is 0.804. The van der Waals surface area contributed by atoms with Crippen LogP contribution in [0.1, 0.15) is 27.3 Å². The molecular weight excluding hydrogens is 162 g/mol. The van der Waals surface area contributed by atoms with E-state index in [1.807, 2.05) is 6.92 Å². The monoisotopic (exact) mass is 171 g/mol. The van der Waals surface area contributed by atoms with E-state index in [1.54, 1.807) is 6.92 Å². The van der Waals surface area contributed by atoms with Gasteiger partial charge in [0, 0.05) is 0 Å². The normalized spacial score (nSPS) is 10.0. The lowest BCUT2D eigenvalue weighted by Gasteiger charge is -1.84. The topological polar surface area (TPSA) is 50.2 Å². The molecule has 3 nitrogen and oxygen atoms in total. The second kappa shape index (κ2) is 3.00. The van der Waals surface area contributed by atoms with Gasteiger partial charge in [-0.25, -0.2) is 9.78 Å². The molecule has 0 aromatic carbocycles. The van der Waals surface area contributed by atoms with Gasteiger partial charge in [-0.15, -0.1) is 11.3 Å². The van der Waals surface area contributed by atoms with Crippen molar-refractivity contribution in [1.29, 1.82) is 0 Å². The summed E-state index contributed by atoms with van der Waals surface area (Å²) in [6.45, 7) is 3.68. The van der Waals surface area contributed by atoms with Crippen LogP contribution in [-0.4, -0.2) is 16.1 Å². The van der Waals surface area contributed by atoms with Crippen LogP contribution in [0.15, 0.2) is 0 Å². The molecular formula is C7H9NO2S. The Morgan fingerprint density at radius 3 is 2.64 bits per heavy atom. The summed E-state index contributed by atoms with van der Waals surface area (Å²) >= 11 is 1.26. The number of thiazole rings is 1. The van der Waals surface area contributed by atoms with Crippen molar-refractivity contribution in [3.63, 3.8) is 0 Å². The molecule has 11 heavy (non-hydrogen) atoms. The zero-order valence-corrected chi connectivity index (χ0v) is 7.23. The Balaban J connectivity index is 3.07. The van der Waals surface area contributed by atoms with E-state index < -0.39 is 5.97 Å². The molecule has 1 rings (SSSR count). The van der Waals surface area contributed by atoms with Gasteiger partial charge in [0.2, 0.25) is 0 Å². The number of rotatable bonds is 2. The third-order valence-electron chi connectivity index (χ3n) is 1.34. The first-order chi connectivity index (χ1) is 5.15. The van der Waals surface area contributed by atoms with Crippen LogP contribution in [0, 0.1) is 6.92 Å². The van der Waals surface area contributed by atoms with Crippen LogP contribution in [0.3, 0.4) is 0 Å². The van der Waals surface area contributed by atoms with Crippen molar-refractivity contribution < 1.29 is 9.90 Å². The van der Waals surface area contributed by atoms with E-state index >= 15 is 0 Å². The van der Waals surface area contributed by atoms with Gasteiger partial charge in [-0.05, 0) is 13.3 Å². The number of carboxylic acid groups (broad SMARTS) is 1. The van der Waals surface area contributed by atoms with Gasteiger partial charge in [-0.3, -0.25) is 0 Å². The van der Waals surface area contributed by atoms with Crippen LogP contribution >= 0.6 is 11.3 Å². The Hall–Kier alpha value is -0.900. The van der Waals surface area contributed by atoms with Crippen LogP contribution < -0.4 is 0 Å². The number of aryl methyl sites for hydroxylation is 2. The van der Waals surface area contributed by atoms with Crippen molar-refractivity contribution >= 4 is 17.3 Å². The summed E-state index contributed by atoms with van der Waals surface area (Å²) < 4.78 is 0. The molecule has 0 saturated heterocycles. The van der Waals surface area contributed by atoms with Crippen LogP contribution in [-0.2, 0) is 6.42 Å². The lowest BCUT2D eigenvalue weighted by Crippen LogP contribution is -1.94. The van der Waals surface area contributed by atoms with Gasteiger partial charge in [-0.2, -0.15) is 0 Å². The van der Waals surface area contributed by atoms with Crippen LogP contribution in [0.2, 0.25) is 0 Å². The molecule has 0 unspecified atom stereocenters. The molecule has 0 amide bonds. The molecule has 60 valence electrons. The first-order valence-corrected chi connectivity index (χ1v) is 4.16. The largest absolute Gasteiger partial charge is 0.477 e. The van der Waals surface area contributed by atoms with Gasteiger partial charge in [-0.1, -0.05) is 6.92 Å². The summed E-state index contributed by atoms with van der Waals surface area (Å²) in [5.41, 5.74) is 0.624. The molecule has 0 atom stereocenters. The SMILES string of the molecule is CCc1nc(C)c(C(=O)O)s1. The van der Waals surface area contributed by atoms with E-state index in [4.69, 9.17) is 5.11 Å². The van der Waals surface area contributed by atoms with Gasteiger partial charge in [0.1, 0.15) is 4.88 Å². The van der Waals surface area contributed by atoms with Crippen molar-refractivity contribution in [1.82, 2.24) is 4.98 Å². The van der Waals surface area contributed by atoms with Crippen molar-refractivity contribution in [2.24, 2.45) is 0 Å². The average Bonchev–Trinajstić information content (AvgIpc) is 2.30. The molecule has 4 heteroatoms. The lowest BCUT2D eigenvalue weighted by molar-refractivity contribution is 0.0701. The quantitative estimate of drug-likeness (QED) is 0.737. The number of hydrogen-bond acceptors (Lipinski definition) is 3. The first kappa shape index (κ1) is 8.20. The zero-order valence-electron chi connectivity index (χ0n) is 6.42. The molecule has 1 N–H and O–H groups in total. The minimum Gasteiger partial charge on any atom is -0.477 e. The molecule has 0 bridgehead atoms. The fourth-order valence-electron chi connectivity index (χ4n) is 0.802. The highest BCUT2D eigenvalue weighted by molar-refractivity contribution is 7.13. The molecule has 0 saturated carbocycles. The number of carboxylic acids is 1. The number of aromatic carboxylic acids is 1. The van der Waals surface area contributed by atoms with E-state index in [2.05, 4.69) is 4.98 Å². The van der Waals surface area contributed by atoms with Gasteiger partial charge in [0.05, 0.1) is 10.7 Å². The zero-order chi connectivity index (χ0) is 8.43. The third-order valence-corrected chi connectivity index (χ3v) is 2.63. The highest BCUT2D eigenvalue weighted by atomic mass is 32.1. The van der Waals surface area contributed by atoms with Gasteiger partial charge < -0.3 is 5.11 Å².